The van der Waals surface area contributed by atoms with Crippen LogP contribution in [0.15, 0.2) is 36.4 Å². The molecule has 0 unspecified atom stereocenters. The van der Waals surface area contributed by atoms with E-state index in [0.29, 0.717) is 5.92 Å². The summed E-state index contributed by atoms with van der Waals surface area (Å²) in [4.78, 5) is 0. The standard InChI is InChI=1S/C25H34/c1-16(2)17-10-12-19-21(14-17)24(6,7)20-13-11-18(23(3,4)5)15-22(20)25(19,8)9/h10-16H,1-9H3. The Morgan fingerprint density at radius 1 is 0.680 bits per heavy atom. The molecule has 0 aromatic heterocycles. The van der Waals surface area contributed by atoms with E-state index in [1.54, 1.807) is 0 Å². The molecule has 134 valence electrons. The smallest absolute Gasteiger partial charge is 0.0152 e. The van der Waals surface area contributed by atoms with Crippen molar-refractivity contribution in [2.75, 3.05) is 0 Å². The van der Waals surface area contributed by atoms with Gasteiger partial charge >= 0.3 is 0 Å². The lowest BCUT2D eigenvalue weighted by molar-refractivity contribution is 0.513. The van der Waals surface area contributed by atoms with Crippen molar-refractivity contribution >= 4 is 0 Å². The molecule has 0 bridgehead atoms. The Bertz CT molecular complexity index is 810. The number of hydrogen-bond donors (Lipinski definition) is 0. The quantitative estimate of drug-likeness (QED) is 0.523. The highest BCUT2D eigenvalue weighted by Crippen LogP contribution is 2.50. The predicted octanol–water partition coefficient (Wildman–Crippen LogP) is 7.07. The fourth-order valence-corrected chi connectivity index (χ4v) is 4.35. The molecular formula is C25H34. The van der Waals surface area contributed by atoms with Crippen LogP contribution in [0.5, 0.6) is 0 Å². The lowest BCUT2D eigenvalue weighted by Gasteiger charge is -2.45. The molecule has 0 spiro atoms. The van der Waals surface area contributed by atoms with E-state index >= 15 is 0 Å². The number of rotatable bonds is 1. The molecule has 0 saturated carbocycles. The zero-order valence-corrected chi connectivity index (χ0v) is 17.5. The van der Waals surface area contributed by atoms with Crippen LogP contribution in [0.1, 0.15) is 102 Å². The van der Waals surface area contributed by atoms with E-state index in [1.165, 1.54) is 33.4 Å². The average Bonchev–Trinajstić information content (AvgIpc) is 2.51. The van der Waals surface area contributed by atoms with Gasteiger partial charge in [0.05, 0.1) is 0 Å². The summed E-state index contributed by atoms with van der Waals surface area (Å²) in [6.45, 7) is 21.0. The van der Waals surface area contributed by atoms with Crippen molar-refractivity contribution in [3.8, 4) is 0 Å². The first-order valence-corrected chi connectivity index (χ1v) is 9.67. The van der Waals surface area contributed by atoms with E-state index in [1.807, 2.05) is 0 Å². The third-order valence-electron chi connectivity index (χ3n) is 6.29. The zero-order chi connectivity index (χ0) is 18.8. The molecule has 0 amide bonds. The molecule has 1 aliphatic carbocycles. The second kappa shape index (κ2) is 5.47. The zero-order valence-electron chi connectivity index (χ0n) is 17.5. The molecule has 0 aliphatic heterocycles. The molecule has 0 fully saturated rings. The van der Waals surface area contributed by atoms with E-state index in [4.69, 9.17) is 0 Å². The van der Waals surface area contributed by atoms with Gasteiger partial charge in [0.25, 0.3) is 0 Å². The molecule has 0 heteroatoms. The summed E-state index contributed by atoms with van der Waals surface area (Å²) in [6, 6.07) is 14.4. The molecule has 3 rings (SSSR count). The highest BCUT2D eigenvalue weighted by molar-refractivity contribution is 5.60. The summed E-state index contributed by atoms with van der Waals surface area (Å²) in [5.41, 5.74) is 9.10. The van der Waals surface area contributed by atoms with Gasteiger partial charge in [0.15, 0.2) is 0 Å². The van der Waals surface area contributed by atoms with Crippen molar-refractivity contribution in [2.45, 2.75) is 84.5 Å². The second-order valence-electron chi connectivity index (χ2n) is 10.2. The summed E-state index contributed by atoms with van der Waals surface area (Å²) < 4.78 is 0. The Morgan fingerprint density at radius 2 is 1.16 bits per heavy atom. The summed E-state index contributed by atoms with van der Waals surface area (Å²) >= 11 is 0. The van der Waals surface area contributed by atoms with Gasteiger partial charge in [-0.15, -0.1) is 0 Å². The predicted molar refractivity (Wildman–Crippen MR) is 110 cm³/mol. The van der Waals surface area contributed by atoms with Crippen molar-refractivity contribution < 1.29 is 0 Å². The minimum atomic E-state index is 0.0386. The molecule has 0 atom stereocenters. The lowest BCUT2D eigenvalue weighted by atomic mass is 9.59. The molecule has 0 radical (unpaired) electrons. The molecule has 0 saturated heterocycles. The molecule has 2 aromatic carbocycles. The molecule has 1 aliphatic rings. The van der Waals surface area contributed by atoms with Gasteiger partial charge < -0.3 is 0 Å². The Hall–Kier alpha value is -1.56. The van der Waals surface area contributed by atoms with Gasteiger partial charge in [0, 0.05) is 10.8 Å². The van der Waals surface area contributed by atoms with Crippen LogP contribution in [0.3, 0.4) is 0 Å². The largest absolute Gasteiger partial charge is 0.0587 e. The fourth-order valence-electron chi connectivity index (χ4n) is 4.35. The van der Waals surface area contributed by atoms with Crippen molar-refractivity contribution in [1.29, 1.82) is 0 Å². The maximum Gasteiger partial charge on any atom is 0.0152 e. The van der Waals surface area contributed by atoms with Gasteiger partial charge in [-0.25, -0.2) is 0 Å². The van der Waals surface area contributed by atoms with E-state index in [9.17, 15) is 0 Å². The minimum absolute atomic E-state index is 0.0386. The monoisotopic (exact) mass is 334 g/mol. The van der Waals surface area contributed by atoms with Crippen molar-refractivity contribution in [2.24, 2.45) is 0 Å². The third kappa shape index (κ3) is 2.75. The van der Waals surface area contributed by atoms with Crippen LogP contribution in [-0.2, 0) is 16.2 Å². The Balaban J connectivity index is 2.30. The summed E-state index contributed by atoms with van der Waals surface area (Å²) in [5, 5.41) is 0. The van der Waals surface area contributed by atoms with Crippen molar-refractivity contribution in [3.63, 3.8) is 0 Å². The van der Waals surface area contributed by atoms with Crippen LogP contribution in [0.25, 0.3) is 0 Å². The van der Waals surface area contributed by atoms with E-state index < -0.39 is 0 Å². The normalized spacial score (nSPS) is 18.0. The summed E-state index contributed by atoms with van der Waals surface area (Å²) in [7, 11) is 0. The van der Waals surface area contributed by atoms with Gasteiger partial charge in [-0.2, -0.15) is 0 Å². The third-order valence-corrected chi connectivity index (χ3v) is 6.29. The van der Waals surface area contributed by atoms with E-state index in [0.717, 1.165) is 0 Å². The SMILES string of the molecule is CC(C)c1ccc2c(c1)C(C)(C)c1ccc(C(C)(C)C)cc1C2(C)C. The average molecular weight is 335 g/mol. The van der Waals surface area contributed by atoms with Crippen LogP contribution < -0.4 is 0 Å². The van der Waals surface area contributed by atoms with Crippen LogP contribution in [-0.4, -0.2) is 0 Å². The summed E-state index contributed by atoms with van der Waals surface area (Å²) in [6.07, 6.45) is 0. The Labute approximate surface area is 154 Å². The molecule has 0 nitrogen and oxygen atoms in total. The van der Waals surface area contributed by atoms with Gasteiger partial charge in [0.2, 0.25) is 0 Å². The Morgan fingerprint density at radius 3 is 1.64 bits per heavy atom. The first-order chi connectivity index (χ1) is 11.4. The van der Waals surface area contributed by atoms with Crippen LogP contribution in [0.4, 0.5) is 0 Å². The van der Waals surface area contributed by atoms with E-state index in [2.05, 4.69) is 98.7 Å². The van der Waals surface area contributed by atoms with Crippen LogP contribution in [0.2, 0.25) is 0 Å². The fraction of sp³-hybridized carbons (Fsp3) is 0.520. The van der Waals surface area contributed by atoms with Crippen molar-refractivity contribution in [1.82, 2.24) is 0 Å². The highest BCUT2D eigenvalue weighted by atomic mass is 14.4. The maximum absolute atomic E-state index is 2.47. The molecule has 0 N–H and O–H groups in total. The first kappa shape index (κ1) is 18.2. The van der Waals surface area contributed by atoms with Gasteiger partial charge in [-0.3, -0.25) is 0 Å². The van der Waals surface area contributed by atoms with Crippen LogP contribution >= 0.6 is 0 Å². The molecule has 0 heterocycles. The summed E-state index contributed by atoms with van der Waals surface area (Å²) in [5.74, 6) is 0.564. The second-order valence-corrected chi connectivity index (χ2v) is 10.2. The molecule has 25 heavy (non-hydrogen) atoms. The maximum atomic E-state index is 2.47. The highest BCUT2D eigenvalue weighted by Gasteiger charge is 2.42. The minimum Gasteiger partial charge on any atom is -0.0587 e. The Kier molecular flexibility index (Phi) is 3.99. The van der Waals surface area contributed by atoms with Crippen LogP contribution in [0, 0.1) is 0 Å². The van der Waals surface area contributed by atoms with E-state index in [-0.39, 0.29) is 16.2 Å². The molecule has 2 aromatic rings. The topological polar surface area (TPSA) is 0 Å². The number of hydrogen-bond acceptors (Lipinski definition) is 0. The van der Waals surface area contributed by atoms with Gasteiger partial charge in [0.1, 0.15) is 0 Å². The number of fused-ring (bicyclic) bond motifs is 2. The lowest BCUT2D eigenvalue weighted by Crippen LogP contribution is -2.37. The van der Waals surface area contributed by atoms with Gasteiger partial charge in [-0.05, 0) is 44.7 Å². The number of benzene rings is 2. The van der Waals surface area contributed by atoms with Gasteiger partial charge in [-0.1, -0.05) is 98.7 Å². The first-order valence-electron chi connectivity index (χ1n) is 9.67. The molecular weight excluding hydrogens is 300 g/mol. The van der Waals surface area contributed by atoms with Crippen molar-refractivity contribution in [3.05, 3.63) is 69.8 Å².